The fourth-order valence-corrected chi connectivity index (χ4v) is 2.02. The van der Waals surface area contributed by atoms with Crippen LogP contribution in [0.25, 0.3) is 11.2 Å². The predicted octanol–water partition coefficient (Wildman–Crippen LogP) is 2.80. The van der Waals surface area contributed by atoms with E-state index in [0.717, 1.165) is 22.8 Å². The number of nitrogens with one attached hydrogen (secondary N) is 2. The van der Waals surface area contributed by atoms with Gasteiger partial charge in [-0.05, 0) is 26.0 Å². The van der Waals surface area contributed by atoms with Gasteiger partial charge in [0.05, 0.1) is 12.3 Å². The van der Waals surface area contributed by atoms with Gasteiger partial charge in [0.1, 0.15) is 23.4 Å². The fourth-order valence-electron chi connectivity index (χ4n) is 2.02. The maximum absolute atomic E-state index is 5.59. The van der Waals surface area contributed by atoms with Gasteiger partial charge in [-0.25, -0.2) is 15.0 Å². The molecule has 6 nitrogen and oxygen atoms in total. The Bertz CT molecular complexity index is 737. The SMILES string of the molecule is CCOc1ccccc1Nc1ncnc2nc(C)[nH]c12. The van der Waals surface area contributed by atoms with E-state index < -0.39 is 0 Å². The van der Waals surface area contributed by atoms with E-state index in [-0.39, 0.29) is 0 Å². The number of benzene rings is 1. The van der Waals surface area contributed by atoms with E-state index in [0.29, 0.717) is 18.1 Å². The first-order valence-corrected chi connectivity index (χ1v) is 6.44. The standard InChI is InChI=1S/C14H15N5O/c1-3-20-11-7-5-4-6-10(11)19-14-12-13(15-8-16-14)18-9(2)17-12/h4-8H,3H2,1-2H3,(H2,15,16,17,18,19). The molecule has 3 aromatic rings. The Morgan fingerprint density at radius 1 is 1.25 bits per heavy atom. The van der Waals surface area contributed by atoms with Crippen molar-refractivity contribution in [1.29, 1.82) is 0 Å². The normalized spacial score (nSPS) is 10.7. The van der Waals surface area contributed by atoms with Gasteiger partial charge in [0, 0.05) is 0 Å². The molecule has 0 unspecified atom stereocenters. The molecule has 0 saturated heterocycles. The molecule has 2 heterocycles. The molecule has 102 valence electrons. The van der Waals surface area contributed by atoms with Crippen LogP contribution in [0.2, 0.25) is 0 Å². The Balaban J connectivity index is 2.01. The second kappa shape index (κ2) is 5.16. The highest BCUT2D eigenvalue weighted by atomic mass is 16.5. The van der Waals surface area contributed by atoms with E-state index in [1.54, 1.807) is 0 Å². The highest BCUT2D eigenvalue weighted by Crippen LogP contribution is 2.28. The molecule has 0 amide bonds. The van der Waals surface area contributed by atoms with Crippen LogP contribution in [0.5, 0.6) is 5.75 Å². The van der Waals surface area contributed by atoms with Crippen molar-refractivity contribution >= 4 is 22.7 Å². The van der Waals surface area contributed by atoms with Crippen molar-refractivity contribution in [3.8, 4) is 5.75 Å². The number of aromatic nitrogens is 4. The number of aryl methyl sites for hydroxylation is 1. The number of hydrogen-bond acceptors (Lipinski definition) is 5. The summed E-state index contributed by atoms with van der Waals surface area (Å²) in [6.07, 6.45) is 1.49. The molecule has 6 heteroatoms. The number of anilines is 2. The topological polar surface area (TPSA) is 75.7 Å². The smallest absolute Gasteiger partial charge is 0.183 e. The molecule has 2 aromatic heterocycles. The van der Waals surface area contributed by atoms with Crippen LogP contribution >= 0.6 is 0 Å². The van der Waals surface area contributed by atoms with Crippen LogP contribution < -0.4 is 10.1 Å². The van der Waals surface area contributed by atoms with Gasteiger partial charge in [-0.3, -0.25) is 0 Å². The van der Waals surface area contributed by atoms with Gasteiger partial charge in [-0.1, -0.05) is 12.1 Å². The van der Waals surface area contributed by atoms with E-state index in [1.807, 2.05) is 38.1 Å². The third-order valence-corrected chi connectivity index (χ3v) is 2.85. The Hall–Kier alpha value is -2.63. The third kappa shape index (κ3) is 2.27. The number of hydrogen-bond donors (Lipinski definition) is 2. The molecule has 0 radical (unpaired) electrons. The maximum atomic E-state index is 5.59. The first-order valence-electron chi connectivity index (χ1n) is 6.44. The van der Waals surface area contributed by atoms with Gasteiger partial charge in [0.25, 0.3) is 0 Å². The largest absolute Gasteiger partial charge is 0.492 e. The van der Waals surface area contributed by atoms with Gasteiger partial charge in [-0.15, -0.1) is 0 Å². The average Bonchev–Trinajstić information content (AvgIpc) is 2.83. The second-order valence-electron chi connectivity index (χ2n) is 4.30. The molecule has 2 N–H and O–H groups in total. The summed E-state index contributed by atoms with van der Waals surface area (Å²) in [5.41, 5.74) is 2.30. The first-order chi connectivity index (χ1) is 9.78. The minimum Gasteiger partial charge on any atom is -0.492 e. The molecule has 0 spiro atoms. The molecule has 1 aromatic carbocycles. The minimum absolute atomic E-state index is 0.612. The lowest BCUT2D eigenvalue weighted by Crippen LogP contribution is -2.00. The number of rotatable bonds is 4. The molecular weight excluding hydrogens is 254 g/mol. The minimum atomic E-state index is 0.612. The van der Waals surface area contributed by atoms with Crippen LogP contribution in [-0.2, 0) is 0 Å². The highest BCUT2D eigenvalue weighted by molar-refractivity contribution is 5.85. The molecule has 0 atom stereocenters. The van der Waals surface area contributed by atoms with Crippen LogP contribution in [0.3, 0.4) is 0 Å². The lowest BCUT2D eigenvalue weighted by atomic mass is 10.3. The van der Waals surface area contributed by atoms with Crippen LogP contribution in [0, 0.1) is 6.92 Å². The molecule has 0 saturated carbocycles. The van der Waals surface area contributed by atoms with Crippen LogP contribution in [-0.4, -0.2) is 26.5 Å². The van der Waals surface area contributed by atoms with E-state index in [2.05, 4.69) is 25.3 Å². The molecule has 0 aliphatic rings. The van der Waals surface area contributed by atoms with Crippen molar-refractivity contribution in [1.82, 2.24) is 19.9 Å². The Labute approximate surface area is 116 Å². The summed E-state index contributed by atoms with van der Waals surface area (Å²) < 4.78 is 5.59. The van der Waals surface area contributed by atoms with Crippen molar-refractivity contribution in [2.24, 2.45) is 0 Å². The predicted molar refractivity (Wildman–Crippen MR) is 77.3 cm³/mol. The number of fused-ring (bicyclic) bond motifs is 1. The summed E-state index contributed by atoms with van der Waals surface area (Å²) in [6.45, 7) is 4.46. The summed E-state index contributed by atoms with van der Waals surface area (Å²) in [7, 11) is 0. The lowest BCUT2D eigenvalue weighted by molar-refractivity contribution is 0.342. The molecule has 3 rings (SSSR count). The third-order valence-electron chi connectivity index (χ3n) is 2.85. The maximum Gasteiger partial charge on any atom is 0.183 e. The van der Waals surface area contributed by atoms with Crippen molar-refractivity contribution in [2.75, 3.05) is 11.9 Å². The molecule has 0 fully saturated rings. The zero-order chi connectivity index (χ0) is 13.9. The summed E-state index contributed by atoms with van der Waals surface area (Å²) in [4.78, 5) is 15.9. The van der Waals surface area contributed by atoms with Crippen LogP contribution in [0.15, 0.2) is 30.6 Å². The van der Waals surface area contributed by atoms with Crippen molar-refractivity contribution in [3.63, 3.8) is 0 Å². The number of imidazole rings is 1. The fraction of sp³-hybridized carbons (Fsp3) is 0.214. The zero-order valence-corrected chi connectivity index (χ0v) is 11.3. The second-order valence-corrected chi connectivity index (χ2v) is 4.30. The van der Waals surface area contributed by atoms with Crippen LogP contribution in [0.1, 0.15) is 12.7 Å². The van der Waals surface area contributed by atoms with E-state index in [9.17, 15) is 0 Å². The van der Waals surface area contributed by atoms with E-state index >= 15 is 0 Å². The summed E-state index contributed by atoms with van der Waals surface area (Å²) in [6, 6.07) is 7.75. The molecule has 20 heavy (non-hydrogen) atoms. The number of aromatic amines is 1. The van der Waals surface area contributed by atoms with Crippen molar-refractivity contribution < 1.29 is 4.74 Å². The van der Waals surface area contributed by atoms with Gasteiger partial charge in [0.2, 0.25) is 0 Å². The van der Waals surface area contributed by atoms with Crippen molar-refractivity contribution in [2.45, 2.75) is 13.8 Å². The Morgan fingerprint density at radius 2 is 2.10 bits per heavy atom. The monoisotopic (exact) mass is 269 g/mol. The van der Waals surface area contributed by atoms with E-state index in [1.165, 1.54) is 6.33 Å². The molecule has 0 aliphatic carbocycles. The van der Waals surface area contributed by atoms with Crippen LogP contribution in [0.4, 0.5) is 11.5 Å². The lowest BCUT2D eigenvalue weighted by Gasteiger charge is -2.11. The number of ether oxygens (including phenoxy) is 1. The Kier molecular flexibility index (Phi) is 3.20. The highest BCUT2D eigenvalue weighted by Gasteiger charge is 2.10. The first kappa shape index (κ1) is 12.4. The van der Waals surface area contributed by atoms with Gasteiger partial charge in [-0.2, -0.15) is 0 Å². The van der Waals surface area contributed by atoms with Gasteiger partial charge >= 0.3 is 0 Å². The Morgan fingerprint density at radius 3 is 2.95 bits per heavy atom. The number of H-pyrrole nitrogens is 1. The van der Waals surface area contributed by atoms with E-state index in [4.69, 9.17) is 4.74 Å². The summed E-state index contributed by atoms with van der Waals surface area (Å²) >= 11 is 0. The number of nitrogens with zero attached hydrogens (tertiary/aromatic N) is 3. The molecule has 0 bridgehead atoms. The zero-order valence-electron chi connectivity index (χ0n) is 11.3. The molecular formula is C14H15N5O. The average molecular weight is 269 g/mol. The quantitative estimate of drug-likeness (QED) is 0.761. The van der Waals surface area contributed by atoms with Gasteiger partial charge < -0.3 is 15.0 Å². The molecule has 0 aliphatic heterocycles. The van der Waals surface area contributed by atoms with Crippen molar-refractivity contribution in [3.05, 3.63) is 36.4 Å². The summed E-state index contributed by atoms with van der Waals surface area (Å²) in [5, 5.41) is 3.27. The van der Waals surface area contributed by atoms with Gasteiger partial charge in [0.15, 0.2) is 11.5 Å². The number of para-hydroxylation sites is 2. The summed E-state index contributed by atoms with van der Waals surface area (Å²) in [5.74, 6) is 2.28.